The summed E-state index contributed by atoms with van der Waals surface area (Å²) in [6, 6.07) is 0. The van der Waals surface area contributed by atoms with Gasteiger partial charge in [0.2, 0.25) is 0 Å². The maximum absolute atomic E-state index is 12.7. The van der Waals surface area contributed by atoms with Crippen LogP contribution in [-0.4, -0.2) is 82.8 Å². The highest BCUT2D eigenvalue weighted by Crippen LogP contribution is 2.25. The van der Waals surface area contributed by atoms with Crippen molar-refractivity contribution in [2.45, 2.75) is 225 Å². The molecular formula is C41H80O8. The SMILES string of the molecule is CCCCCCC(C)CCCCCCCCCOCC(COC1C(O)C(O)C(O)C1O)OC(=O)CCCCCCCCCCCCC(C)C. The van der Waals surface area contributed by atoms with Gasteiger partial charge in [0.15, 0.2) is 0 Å². The highest BCUT2D eigenvalue weighted by molar-refractivity contribution is 5.69. The summed E-state index contributed by atoms with van der Waals surface area (Å²) in [4.78, 5) is 12.7. The van der Waals surface area contributed by atoms with Crippen LogP contribution in [0.3, 0.4) is 0 Å². The maximum Gasteiger partial charge on any atom is 0.306 e. The fourth-order valence-electron chi connectivity index (χ4n) is 6.87. The molecule has 6 atom stereocenters. The molecule has 0 aromatic carbocycles. The molecule has 0 aromatic rings. The number of aliphatic hydroxyl groups is 4. The molecule has 0 radical (unpaired) electrons. The molecule has 0 aromatic heterocycles. The van der Waals surface area contributed by atoms with E-state index in [2.05, 4.69) is 27.7 Å². The Balaban J connectivity index is 2.23. The summed E-state index contributed by atoms with van der Waals surface area (Å²) >= 11 is 0. The minimum absolute atomic E-state index is 0.0984. The summed E-state index contributed by atoms with van der Waals surface area (Å²) in [5.41, 5.74) is 0. The van der Waals surface area contributed by atoms with Crippen LogP contribution in [0, 0.1) is 11.8 Å². The van der Waals surface area contributed by atoms with Gasteiger partial charge in [-0.3, -0.25) is 4.79 Å². The van der Waals surface area contributed by atoms with Crippen LogP contribution in [0.15, 0.2) is 0 Å². The van der Waals surface area contributed by atoms with Crippen molar-refractivity contribution in [1.29, 1.82) is 0 Å². The number of carbonyl (C=O) groups excluding carboxylic acids is 1. The Labute approximate surface area is 301 Å². The number of hydrogen-bond acceptors (Lipinski definition) is 8. The maximum atomic E-state index is 12.7. The number of ether oxygens (including phenoxy) is 3. The van der Waals surface area contributed by atoms with E-state index in [1.807, 2.05) is 0 Å². The Kier molecular flexibility index (Phi) is 29.1. The summed E-state index contributed by atoms with van der Waals surface area (Å²) < 4.78 is 17.2. The first-order valence-corrected chi connectivity index (χ1v) is 20.8. The first-order chi connectivity index (χ1) is 23.7. The van der Waals surface area contributed by atoms with Crippen LogP contribution in [0.2, 0.25) is 0 Å². The third kappa shape index (κ3) is 24.2. The normalized spacial score (nSPS) is 22.2. The van der Waals surface area contributed by atoms with E-state index in [1.54, 1.807) is 0 Å². The van der Waals surface area contributed by atoms with E-state index in [0.29, 0.717) is 13.0 Å². The van der Waals surface area contributed by atoms with Gasteiger partial charge >= 0.3 is 5.97 Å². The lowest BCUT2D eigenvalue weighted by molar-refractivity contribution is -0.163. The van der Waals surface area contributed by atoms with Crippen molar-refractivity contribution < 1.29 is 39.4 Å². The fraction of sp³-hybridized carbons (Fsp3) is 0.976. The molecule has 1 aliphatic carbocycles. The molecule has 49 heavy (non-hydrogen) atoms. The molecular weight excluding hydrogens is 620 g/mol. The Hall–Kier alpha value is -0.770. The van der Waals surface area contributed by atoms with Gasteiger partial charge in [0, 0.05) is 13.0 Å². The molecule has 6 unspecified atom stereocenters. The summed E-state index contributed by atoms with van der Waals surface area (Å²) in [6.45, 7) is 9.87. The molecule has 0 aliphatic heterocycles. The second-order valence-corrected chi connectivity index (χ2v) is 15.6. The lowest BCUT2D eigenvalue weighted by Crippen LogP contribution is -2.39. The second kappa shape index (κ2) is 30.8. The minimum atomic E-state index is -1.49. The predicted molar refractivity (Wildman–Crippen MR) is 200 cm³/mol. The smallest absolute Gasteiger partial charge is 0.306 e. The standard InChI is InChI=1S/C41H80O8/c1-5-6-7-22-27-34(4)28-23-18-14-12-16-20-25-30-47-31-35(32-48-41-39(45)37(43)38(44)40(41)46)49-36(42)29-24-19-15-11-9-8-10-13-17-21-26-33(2)3/h33-35,37-41,43-46H,5-32H2,1-4H3. The van der Waals surface area contributed by atoms with Crippen LogP contribution in [-0.2, 0) is 19.0 Å². The average molecular weight is 701 g/mol. The molecule has 1 rings (SSSR count). The Morgan fingerprint density at radius 1 is 0.551 bits per heavy atom. The molecule has 1 fully saturated rings. The molecule has 8 heteroatoms. The number of unbranched alkanes of at least 4 members (excludes halogenated alkanes) is 18. The Bertz CT molecular complexity index is 735. The lowest BCUT2D eigenvalue weighted by Gasteiger charge is -2.24. The zero-order valence-electron chi connectivity index (χ0n) is 32.3. The van der Waals surface area contributed by atoms with Gasteiger partial charge in [-0.2, -0.15) is 0 Å². The molecule has 1 saturated carbocycles. The van der Waals surface area contributed by atoms with Crippen molar-refractivity contribution in [2.75, 3.05) is 19.8 Å². The first kappa shape index (κ1) is 46.3. The molecule has 0 bridgehead atoms. The first-order valence-electron chi connectivity index (χ1n) is 20.8. The topological polar surface area (TPSA) is 126 Å². The third-order valence-electron chi connectivity index (χ3n) is 10.2. The summed E-state index contributed by atoms with van der Waals surface area (Å²) in [7, 11) is 0. The van der Waals surface area contributed by atoms with Gasteiger partial charge in [0.1, 0.15) is 36.6 Å². The zero-order valence-corrected chi connectivity index (χ0v) is 32.3. The van der Waals surface area contributed by atoms with Gasteiger partial charge in [-0.25, -0.2) is 0 Å². The molecule has 0 spiro atoms. The molecule has 1 aliphatic rings. The number of esters is 1. The predicted octanol–water partition coefficient (Wildman–Crippen LogP) is 8.82. The van der Waals surface area contributed by atoms with Crippen molar-refractivity contribution in [3.63, 3.8) is 0 Å². The van der Waals surface area contributed by atoms with Gasteiger partial charge in [0.05, 0.1) is 13.2 Å². The van der Waals surface area contributed by atoms with E-state index in [4.69, 9.17) is 14.2 Å². The van der Waals surface area contributed by atoms with E-state index in [1.165, 1.54) is 122 Å². The summed E-state index contributed by atoms with van der Waals surface area (Å²) in [5, 5.41) is 40.1. The Morgan fingerprint density at radius 3 is 1.51 bits per heavy atom. The highest BCUT2D eigenvalue weighted by atomic mass is 16.6. The van der Waals surface area contributed by atoms with Gasteiger partial charge in [-0.1, -0.05) is 169 Å². The van der Waals surface area contributed by atoms with E-state index >= 15 is 0 Å². The van der Waals surface area contributed by atoms with Crippen LogP contribution in [0.1, 0.15) is 188 Å². The second-order valence-electron chi connectivity index (χ2n) is 15.6. The molecule has 4 N–H and O–H groups in total. The third-order valence-corrected chi connectivity index (χ3v) is 10.2. The monoisotopic (exact) mass is 701 g/mol. The molecule has 8 nitrogen and oxygen atoms in total. The van der Waals surface area contributed by atoms with Crippen LogP contribution < -0.4 is 0 Å². The molecule has 292 valence electrons. The average Bonchev–Trinajstić information content (AvgIpc) is 3.25. The van der Waals surface area contributed by atoms with E-state index in [9.17, 15) is 25.2 Å². The van der Waals surface area contributed by atoms with Crippen molar-refractivity contribution in [3.8, 4) is 0 Å². The molecule has 0 heterocycles. The van der Waals surface area contributed by atoms with Gasteiger partial charge in [0.25, 0.3) is 0 Å². The Morgan fingerprint density at radius 2 is 1.00 bits per heavy atom. The largest absolute Gasteiger partial charge is 0.457 e. The molecule has 0 amide bonds. The van der Waals surface area contributed by atoms with Crippen molar-refractivity contribution in [2.24, 2.45) is 11.8 Å². The number of aliphatic hydroxyl groups excluding tert-OH is 4. The van der Waals surface area contributed by atoms with Crippen LogP contribution in [0.25, 0.3) is 0 Å². The van der Waals surface area contributed by atoms with Crippen molar-refractivity contribution in [3.05, 3.63) is 0 Å². The van der Waals surface area contributed by atoms with Crippen LogP contribution >= 0.6 is 0 Å². The van der Waals surface area contributed by atoms with Crippen LogP contribution in [0.5, 0.6) is 0 Å². The minimum Gasteiger partial charge on any atom is -0.457 e. The van der Waals surface area contributed by atoms with Crippen molar-refractivity contribution >= 4 is 5.97 Å². The van der Waals surface area contributed by atoms with Crippen LogP contribution in [0.4, 0.5) is 0 Å². The number of hydrogen-bond donors (Lipinski definition) is 4. The fourth-order valence-corrected chi connectivity index (χ4v) is 6.87. The van der Waals surface area contributed by atoms with E-state index < -0.39 is 36.6 Å². The summed E-state index contributed by atoms with van der Waals surface area (Å²) in [6.07, 6.45) is 22.6. The van der Waals surface area contributed by atoms with E-state index in [0.717, 1.165) is 43.9 Å². The quantitative estimate of drug-likeness (QED) is 0.0388. The molecule has 0 saturated heterocycles. The number of carbonyl (C=O) groups is 1. The highest BCUT2D eigenvalue weighted by Gasteiger charge is 2.49. The van der Waals surface area contributed by atoms with Gasteiger partial charge < -0.3 is 34.6 Å². The number of rotatable bonds is 34. The van der Waals surface area contributed by atoms with Gasteiger partial charge in [-0.15, -0.1) is 0 Å². The van der Waals surface area contributed by atoms with E-state index in [-0.39, 0.29) is 19.2 Å². The zero-order chi connectivity index (χ0) is 36.1. The lowest BCUT2D eigenvalue weighted by atomic mass is 9.96. The van der Waals surface area contributed by atoms with Crippen molar-refractivity contribution in [1.82, 2.24) is 0 Å². The van der Waals surface area contributed by atoms with Gasteiger partial charge in [-0.05, 0) is 24.7 Å². The summed E-state index contributed by atoms with van der Waals surface area (Å²) in [5.74, 6) is 1.35.